The Morgan fingerprint density at radius 2 is 1.95 bits per heavy atom. The van der Waals surface area contributed by atoms with Crippen LogP contribution in [0.5, 0.6) is 0 Å². The number of carbonyl (C=O) groups is 1. The SMILES string of the molecule is CCCC(C)NC(=O)C(C)NCc1ccc(F)c(F)c1. The molecule has 0 aliphatic carbocycles. The Balaban J connectivity index is 2.43. The molecule has 0 spiro atoms. The lowest BCUT2D eigenvalue weighted by Gasteiger charge is -2.18. The van der Waals surface area contributed by atoms with E-state index in [0.717, 1.165) is 25.0 Å². The van der Waals surface area contributed by atoms with Crippen LogP contribution < -0.4 is 10.6 Å². The van der Waals surface area contributed by atoms with Gasteiger partial charge in [-0.1, -0.05) is 19.4 Å². The van der Waals surface area contributed by atoms with E-state index < -0.39 is 11.6 Å². The molecule has 0 heterocycles. The van der Waals surface area contributed by atoms with Crippen molar-refractivity contribution >= 4 is 5.91 Å². The molecule has 1 amide bonds. The molecular weight excluding hydrogens is 262 g/mol. The van der Waals surface area contributed by atoms with E-state index in [1.165, 1.54) is 6.07 Å². The molecule has 3 nitrogen and oxygen atoms in total. The summed E-state index contributed by atoms with van der Waals surface area (Å²) in [5.74, 6) is -1.83. The van der Waals surface area contributed by atoms with Crippen molar-refractivity contribution in [2.75, 3.05) is 0 Å². The van der Waals surface area contributed by atoms with Crippen LogP contribution in [0.3, 0.4) is 0 Å². The summed E-state index contributed by atoms with van der Waals surface area (Å²) < 4.78 is 25.8. The topological polar surface area (TPSA) is 41.1 Å². The highest BCUT2D eigenvalue weighted by Crippen LogP contribution is 2.08. The molecular formula is C15H22F2N2O. The first-order chi connectivity index (χ1) is 9.43. The van der Waals surface area contributed by atoms with Gasteiger partial charge in [0.2, 0.25) is 5.91 Å². The van der Waals surface area contributed by atoms with Gasteiger partial charge in [-0.25, -0.2) is 8.78 Å². The molecule has 2 N–H and O–H groups in total. The van der Waals surface area contributed by atoms with E-state index in [0.29, 0.717) is 12.1 Å². The van der Waals surface area contributed by atoms with Crippen molar-refractivity contribution in [3.05, 3.63) is 35.4 Å². The van der Waals surface area contributed by atoms with Crippen LogP contribution in [0.15, 0.2) is 18.2 Å². The fraction of sp³-hybridized carbons (Fsp3) is 0.533. The van der Waals surface area contributed by atoms with Crippen LogP contribution in [0.4, 0.5) is 8.78 Å². The molecule has 1 aromatic rings. The van der Waals surface area contributed by atoms with Gasteiger partial charge in [0.15, 0.2) is 11.6 Å². The highest BCUT2D eigenvalue weighted by Gasteiger charge is 2.14. The number of benzene rings is 1. The summed E-state index contributed by atoms with van der Waals surface area (Å²) in [4.78, 5) is 11.9. The maximum atomic E-state index is 13.0. The van der Waals surface area contributed by atoms with Gasteiger partial charge >= 0.3 is 0 Å². The van der Waals surface area contributed by atoms with Gasteiger partial charge in [0.25, 0.3) is 0 Å². The Morgan fingerprint density at radius 3 is 2.55 bits per heavy atom. The molecule has 0 fully saturated rings. The number of hydrogen-bond acceptors (Lipinski definition) is 2. The monoisotopic (exact) mass is 284 g/mol. The molecule has 0 saturated heterocycles. The summed E-state index contributed by atoms with van der Waals surface area (Å²) >= 11 is 0. The number of amides is 1. The van der Waals surface area contributed by atoms with Crippen molar-refractivity contribution in [1.29, 1.82) is 0 Å². The van der Waals surface area contributed by atoms with Crippen LogP contribution in [0, 0.1) is 11.6 Å². The van der Waals surface area contributed by atoms with Crippen LogP contribution in [-0.4, -0.2) is 18.0 Å². The van der Waals surface area contributed by atoms with Crippen LogP contribution in [-0.2, 0) is 11.3 Å². The molecule has 0 aliphatic heterocycles. The fourth-order valence-corrected chi connectivity index (χ4v) is 1.89. The van der Waals surface area contributed by atoms with Gasteiger partial charge in [0, 0.05) is 12.6 Å². The second-order valence-electron chi connectivity index (χ2n) is 5.05. The second kappa shape index (κ2) is 7.94. The van der Waals surface area contributed by atoms with E-state index in [9.17, 15) is 13.6 Å². The molecule has 0 aliphatic rings. The normalized spacial score (nSPS) is 13.8. The summed E-state index contributed by atoms with van der Waals surface area (Å²) in [6, 6.07) is 3.46. The Bertz CT molecular complexity index is 451. The van der Waals surface area contributed by atoms with Crippen LogP contribution in [0.1, 0.15) is 39.2 Å². The van der Waals surface area contributed by atoms with Crippen molar-refractivity contribution in [1.82, 2.24) is 10.6 Å². The molecule has 0 bridgehead atoms. The van der Waals surface area contributed by atoms with Gasteiger partial charge in [-0.15, -0.1) is 0 Å². The summed E-state index contributed by atoms with van der Waals surface area (Å²) in [6.45, 7) is 6.08. The van der Waals surface area contributed by atoms with E-state index in [2.05, 4.69) is 17.6 Å². The smallest absolute Gasteiger partial charge is 0.237 e. The first-order valence-corrected chi connectivity index (χ1v) is 6.91. The molecule has 5 heteroatoms. The largest absolute Gasteiger partial charge is 0.352 e. The number of nitrogens with one attached hydrogen (secondary N) is 2. The first kappa shape index (κ1) is 16.6. The van der Waals surface area contributed by atoms with Crippen molar-refractivity contribution < 1.29 is 13.6 Å². The minimum absolute atomic E-state index is 0.0893. The number of rotatable bonds is 7. The third-order valence-electron chi connectivity index (χ3n) is 3.10. The fourth-order valence-electron chi connectivity index (χ4n) is 1.89. The van der Waals surface area contributed by atoms with E-state index in [1.807, 2.05) is 6.92 Å². The molecule has 20 heavy (non-hydrogen) atoms. The minimum Gasteiger partial charge on any atom is -0.352 e. The number of hydrogen-bond donors (Lipinski definition) is 2. The van der Waals surface area contributed by atoms with E-state index in [1.54, 1.807) is 6.92 Å². The molecule has 2 unspecified atom stereocenters. The van der Waals surface area contributed by atoms with Gasteiger partial charge in [-0.3, -0.25) is 4.79 Å². The lowest BCUT2D eigenvalue weighted by Crippen LogP contribution is -2.45. The Labute approximate surface area is 118 Å². The standard InChI is InChI=1S/C15H22F2N2O/c1-4-5-10(2)19-15(20)11(3)18-9-12-6-7-13(16)14(17)8-12/h6-8,10-11,18H,4-5,9H2,1-3H3,(H,19,20). The zero-order valence-electron chi connectivity index (χ0n) is 12.2. The first-order valence-electron chi connectivity index (χ1n) is 6.91. The molecule has 0 aromatic heterocycles. The lowest BCUT2D eigenvalue weighted by atomic mass is 10.1. The van der Waals surface area contributed by atoms with E-state index in [4.69, 9.17) is 0 Å². The van der Waals surface area contributed by atoms with Crippen molar-refractivity contribution in [2.45, 2.75) is 52.2 Å². The van der Waals surface area contributed by atoms with Crippen molar-refractivity contribution in [3.8, 4) is 0 Å². The third-order valence-corrected chi connectivity index (χ3v) is 3.10. The molecule has 0 radical (unpaired) electrons. The average molecular weight is 284 g/mol. The van der Waals surface area contributed by atoms with Gasteiger partial charge in [0.05, 0.1) is 6.04 Å². The molecule has 1 rings (SSSR count). The van der Waals surface area contributed by atoms with Crippen LogP contribution >= 0.6 is 0 Å². The van der Waals surface area contributed by atoms with Crippen molar-refractivity contribution in [3.63, 3.8) is 0 Å². The predicted molar refractivity (Wildman–Crippen MR) is 75.2 cm³/mol. The van der Waals surface area contributed by atoms with Gasteiger partial charge in [-0.2, -0.15) is 0 Å². The molecule has 0 saturated carbocycles. The van der Waals surface area contributed by atoms with E-state index in [-0.39, 0.29) is 18.0 Å². The Morgan fingerprint density at radius 1 is 1.25 bits per heavy atom. The van der Waals surface area contributed by atoms with E-state index >= 15 is 0 Å². The van der Waals surface area contributed by atoms with Crippen molar-refractivity contribution in [2.24, 2.45) is 0 Å². The minimum atomic E-state index is -0.877. The highest BCUT2D eigenvalue weighted by molar-refractivity contribution is 5.81. The van der Waals surface area contributed by atoms with Gasteiger partial charge in [-0.05, 0) is 38.0 Å². The Kier molecular flexibility index (Phi) is 6.58. The summed E-state index contributed by atoms with van der Waals surface area (Å²) in [5.41, 5.74) is 0.602. The summed E-state index contributed by atoms with van der Waals surface area (Å²) in [6.07, 6.45) is 1.94. The number of halogens is 2. The quantitative estimate of drug-likeness (QED) is 0.808. The lowest BCUT2D eigenvalue weighted by molar-refractivity contribution is -0.123. The predicted octanol–water partition coefficient (Wildman–Crippen LogP) is 2.75. The molecule has 2 atom stereocenters. The third kappa shape index (κ3) is 5.25. The molecule has 1 aromatic carbocycles. The van der Waals surface area contributed by atoms with Gasteiger partial charge in [0.1, 0.15) is 0 Å². The van der Waals surface area contributed by atoms with Gasteiger partial charge < -0.3 is 10.6 Å². The zero-order chi connectivity index (χ0) is 15.1. The number of carbonyl (C=O) groups excluding carboxylic acids is 1. The van der Waals surface area contributed by atoms with Crippen LogP contribution in [0.25, 0.3) is 0 Å². The maximum absolute atomic E-state index is 13.0. The summed E-state index contributed by atoms with van der Waals surface area (Å²) in [7, 11) is 0. The van der Waals surface area contributed by atoms with Crippen LogP contribution in [0.2, 0.25) is 0 Å². The Hall–Kier alpha value is -1.49. The highest BCUT2D eigenvalue weighted by atomic mass is 19.2. The summed E-state index contributed by atoms with van der Waals surface area (Å²) in [5, 5.41) is 5.89. The maximum Gasteiger partial charge on any atom is 0.237 e. The average Bonchev–Trinajstić information content (AvgIpc) is 2.39. The molecule has 112 valence electrons. The second-order valence-corrected chi connectivity index (χ2v) is 5.05. The zero-order valence-corrected chi connectivity index (χ0v) is 12.2.